The molecule has 0 unspecified atom stereocenters. The van der Waals surface area contributed by atoms with Crippen LogP contribution in [-0.4, -0.2) is 65.0 Å². The van der Waals surface area contributed by atoms with Gasteiger partial charge in [-0.25, -0.2) is 0 Å². The predicted octanol–water partition coefficient (Wildman–Crippen LogP) is 2.13. The molecule has 0 radical (unpaired) electrons. The van der Waals surface area contributed by atoms with Crippen molar-refractivity contribution >= 4 is 5.96 Å². The van der Waals surface area contributed by atoms with Gasteiger partial charge in [-0.05, 0) is 43.4 Å². The van der Waals surface area contributed by atoms with Gasteiger partial charge >= 0.3 is 0 Å². The fourth-order valence-corrected chi connectivity index (χ4v) is 3.00. The van der Waals surface area contributed by atoms with Crippen LogP contribution < -0.4 is 5.32 Å². The molecule has 0 aliphatic heterocycles. The van der Waals surface area contributed by atoms with E-state index in [-0.39, 0.29) is 0 Å². The molecule has 0 aromatic rings. The summed E-state index contributed by atoms with van der Waals surface area (Å²) in [7, 11) is 5.72. The zero-order valence-corrected chi connectivity index (χ0v) is 14.6. The summed E-state index contributed by atoms with van der Waals surface area (Å²) in [4.78, 5) is 6.56. The lowest BCUT2D eigenvalue weighted by Crippen LogP contribution is -2.48. The number of nitrogens with zero attached hydrogens (tertiary/aromatic N) is 2. The number of aliphatic imine (C=N–C) groups is 1. The molecule has 0 atom stereocenters. The highest BCUT2D eigenvalue weighted by Gasteiger charge is 2.36. The molecule has 0 bridgehead atoms. The summed E-state index contributed by atoms with van der Waals surface area (Å²) in [6.45, 7) is 4.45. The van der Waals surface area contributed by atoms with Crippen molar-refractivity contribution in [1.82, 2.24) is 10.2 Å². The predicted molar refractivity (Wildman–Crippen MR) is 90.3 cm³/mol. The first-order valence-electron chi connectivity index (χ1n) is 8.67. The van der Waals surface area contributed by atoms with Crippen molar-refractivity contribution in [2.75, 3.05) is 54.1 Å². The maximum absolute atomic E-state index is 5.71. The second-order valence-corrected chi connectivity index (χ2v) is 6.94. The second-order valence-electron chi connectivity index (χ2n) is 6.94. The third-order valence-electron chi connectivity index (χ3n) is 5.07. The Balaban J connectivity index is 1.66. The van der Waals surface area contributed by atoms with Crippen LogP contribution >= 0.6 is 0 Å². The van der Waals surface area contributed by atoms with Gasteiger partial charge in [-0.1, -0.05) is 6.42 Å². The summed E-state index contributed by atoms with van der Waals surface area (Å²) in [5.74, 6) is 1.81. The molecular formula is C17H33N3O2. The van der Waals surface area contributed by atoms with Gasteiger partial charge in [-0.3, -0.25) is 4.99 Å². The topological polar surface area (TPSA) is 46.1 Å². The van der Waals surface area contributed by atoms with E-state index in [1.807, 2.05) is 7.05 Å². The Bertz CT molecular complexity index is 352. The summed E-state index contributed by atoms with van der Waals surface area (Å²) >= 11 is 0. The highest BCUT2D eigenvalue weighted by Crippen LogP contribution is 2.43. The minimum atomic E-state index is 0.412. The Kier molecular flexibility index (Phi) is 6.96. The molecule has 5 heteroatoms. The Labute approximate surface area is 135 Å². The number of hydrogen-bond acceptors (Lipinski definition) is 3. The van der Waals surface area contributed by atoms with Crippen molar-refractivity contribution in [2.24, 2.45) is 16.3 Å². The van der Waals surface area contributed by atoms with Gasteiger partial charge in [0.1, 0.15) is 0 Å². The molecule has 22 heavy (non-hydrogen) atoms. The molecule has 0 aromatic heterocycles. The van der Waals surface area contributed by atoms with Gasteiger partial charge in [-0.2, -0.15) is 0 Å². The molecule has 0 spiro atoms. The summed E-state index contributed by atoms with van der Waals surface area (Å²) in [5, 5.41) is 3.55. The van der Waals surface area contributed by atoms with Crippen LogP contribution in [0.3, 0.4) is 0 Å². The van der Waals surface area contributed by atoms with Crippen molar-refractivity contribution < 1.29 is 9.47 Å². The smallest absolute Gasteiger partial charge is 0.193 e. The van der Waals surface area contributed by atoms with Crippen LogP contribution in [0.5, 0.6) is 0 Å². The molecule has 0 amide bonds. The molecular weight excluding hydrogens is 278 g/mol. The average Bonchev–Trinajstić information content (AvgIpc) is 3.30. The van der Waals surface area contributed by atoms with E-state index in [4.69, 9.17) is 9.47 Å². The van der Waals surface area contributed by atoms with E-state index in [2.05, 4.69) is 22.3 Å². The third-order valence-corrected chi connectivity index (χ3v) is 5.07. The SMILES string of the molecule is CN=C(NCC1(CCOC)CCC1)N(C)CCOCC1CC1. The lowest BCUT2D eigenvalue weighted by atomic mass is 9.67. The van der Waals surface area contributed by atoms with Crippen LogP contribution in [0, 0.1) is 11.3 Å². The first kappa shape index (κ1) is 17.5. The van der Waals surface area contributed by atoms with Gasteiger partial charge < -0.3 is 19.7 Å². The Morgan fingerprint density at radius 3 is 2.64 bits per heavy atom. The average molecular weight is 311 g/mol. The summed E-state index contributed by atoms with van der Waals surface area (Å²) in [6, 6.07) is 0. The first-order chi connectivity index (χ1) is 10.7. The fourth-order valence-electron chi connectivity index (χ4n) is 3.00. The van der Waals surface area contributed by atoms with Gasteiger partial charge in [0.25, 0.3) is 0 Å². The number of ether oxygens (including phenoxy) is 2. The summed E-state index contributed by atoms with van der Waals surface area (Å²) < 4.78 is 11.0. The van der Waals surface area contributed by atoms with Crippen LogP contribution in [0.15, 0.2) is 4.99 Å². The van der Waals surface area contributed by atoms with Crippen molar-refractivity contribution in [2.45, 2.75) is 38.5 Å². The molecule has 2 aliphatic carbocycles. The maximum atomic E-state index is 5.71. The van der Waals surface area contributed by atoms with Gasteiger partial charge in [0, 0.05) is 47.5 Å². The number of guanidine groups is 1. The zero-order valence-electron chi connectivity index (χ0n) is 14.6. The molecule has 0 heterocycles. The van der Waals surface area contributed by atoms with E-state index in [1.165, 1.54) is 32.1 Å². The van der Waals surface area contributed by atoms with Crippen molar-refractivity contribution in [3.8, 4) is 0 Å². The van der Waals surface area contributed by atoms with E-state index in [0.29, 0.717) is 5.41 Å². The minimum absolute atomic E-state index is 0.412. The van der Waals surface area contributed by atoms with Crippen LogP contribution in [0.4, 0.5) is 0 Å². The monoisotopic (exact) mass is 311 g/mol. The molecule has 2 fully saturated rings. The Morgan fingerprint density at radius 2 is 2.09 bits per heavy atom. The fraction of sp³-hybridized carbons (Fsp3) is 0.941. The lowest BCUT2D eigenvalue weighted by Gasteiger charge is -2.42. The number of methoxy groups -OCH3 is 1. The van der Waals surface area contributed by atoms with E-state index >= 15 is 0 Å². The Morgan fingerprint density at radius 1 is 1.32 bits per heavy atom. The molecule has 5 nitrogen and oxygen atoms in total. The normalized spacial score (nSPS) is 20.6. The van der Waals surface area contributed by atoms with Crippen LogP contribution in [0.1, 0.15) is 38.5 Å². The first-order valence-corrected chi connectivity index (χ1v) is 8.67. The number of nitrogens with one attached hydrogen (secondary N) is 1. The van der Waals surface area contributed by atoms with Crippen LogP contribution in [-0.2, 0) is 9.47 Å². The second kappa shape index (κ2) is 8.73. The van der Waals surface area contributed by atoms with E-state index in [9.17, 15) is 0 Å². The van der Waals surface area contributed by atoms with Crippen molar-refractivity contribution in [3.05, 3.63) is 0 Å². The molecule has 2 aliphatic rings. The maximum Gasteiger partial charge on any atom is 0.193 e. The van der Waals surface area contributed by atoms with Gasteiger partial charge in [-0.15, -0.1) is 0 Å². The van der Waals surface area contributed by atoms with Crippen LogP contribution in [0.2, 0.25) is 0 Å². The zero-order chi connectivity index (χ0) is 15.8. The van der Waals surface area contributed by atoms with Gasteiger partial charge in [0.15, 0.2) is 5.96 Å². The molecule has 128 valence electrons. The number of rotatable bonds is 10. The number of hydrogen-bond donors (Lipinski definition) is 1. The third kappa shape index (κ3) is 5.43. The molecule has 2 rings (SSSR count). The van der Waals surface area contributed by atoms with Crippen LogP contribution in [0.25, 0.3) is 0 Å². The van der Waals surface area contributed by atoms with E-state index in [1.54, 1.807) is 7.11 Å². The number of likely N-dealkylation sites (N-methyl/N-ethyl adjacent to an activating group) is 1. The largest absolute Gasteiger partial charge is 0.385 e. The van der Waals surface area contributed by atoms with Crippen molar-refractivity contribution in [3.63, 3.8) is 0 Å². The van der Waals surface area contributed by atoms with Gasteiger partial charge in [0.05, 0.1) is 6.61 Å². The molecule has 0 saturated heterocycles. The van der Waals surface area contributed by atoms with E-state index in [0.717, 1.165) is 51.2 Å². The van der Waals surface area contributed by atoms with Crippen molar-refractivity contribution in [1.29, 1.82) is 0 Å². The lowest BCUT2D eigenvalue weighted by molar-refractivity contribution is 0.0723. The summed E-state index contributed by atoms with van der Waals surface area (Å²) in [5.41, 5.74) is 0.412. The Hall–Kier alpha value is -0.810. The van der Waals surface area contributed by atoms with Gasteiger partial charge in [0.2, 0.25) is 0 Å². The molecule has 2 saturated carbocycles. The molecule has 1 N–H and O–H groups in total. The minimum Gasteiger partial charge on any atom is -0.385 e. The standard InChI is InChI=1S/C17H33N3O2/c1-18-16(20(2)10-12-22-13-15-5-6-15)19-14-17(7-4-8-17)9-11-21-3/h15H,4-14H2,1-3H3,(H,18,19). The van der Waals surface area contributed by atoms with E-state index < -0.39 is 0 Å². The summed E-state index contributed by atoms with van der Waals surface area (Å²) in [6.07, 6.45) is 7.78. The highest BCUT2D eigenvalue weighted by atomic mass is 16.5. The quantitative estimate of drug-likeness (QED) is 0.381. The molecule has 0 aromatic carbocycles. The highest BCUT2D eigenvalue weighted by molar-refractivity contribution is 5.79.